The number of carbonyl (C=O) groups is 1. The Labute approximate surface area is 323 Å². The van der Waals surface area contributed by atoms with E-state index in [1.54, 1.807) is 6.07 Å². The third kappa shape index (κ3) is 7.87. The quantitative estimate of drug-likeness (QED) is 0.146. The molecule has 15 heteroatoms. The number of nitrogens with zero attached hydrogens (tertiary/aromatic N) is 7. The lowest BCUT2D eigenvalue weighted by atomic mass is 9.54. The number of hydrogen-bond acceptors (Lipinski definition) is 11. The molecule has 0 spiro atoms. The minimum absolute atomic E-state index is 0.0501. The van der Waals surface area contributed by atoms with E-state index in [0.29, 0.717) is 38.5 Å². The zero-order valence-corrected chi connectivity index (χ0v) is 33.8. The minimum atomic E-state index is -3.95. The highest BCUT2D eigenvalue weighted by Crippen LogP contribution is 2.57. The van der Waals surface area contributed by atoms with Crippen LogP contribution < -0.4 is 14.8 Å². The molecule has 55 heavy (non-hydrogen) atoms. The van der Waals surface area contributed by atoms with Gasteiger partial charge in [-0.3, -0.25) is 4.79 Å². The van der Waals surface area contributed by atoms with Crippen LogP contribution >= 0.6 is 0 Å². The Hall–Kier alpha value is -4.73. The Kier molecular flexibility index (Phi) is 11.7. The molecular weight excluding hydrogens is 721 g/mol. The summed E-state index contributed by atoms with van der Waals surface area (Å²) in [5, 5.41) is 12.1. The third-order valence-electron chi connectivity index (χ3n) is 11.1. The maximum absolute atomic E-state index is 14.6. The number of rotatable bonds is 14. The molecule has 3 aromatic heterocycles. The fraction of sp³-hybridized carbons (Fsp3) is 0.500. The van der Waals surface area contributed by atoms with E-state index < -0.39 is 26.8 Å². The first-order chi connectivity index (χ1) is 26.2. The molecule has 0 fully saturated rings. The number of amides is 1. The topological polar surface area (TPSA) is 164 Å². The van der Waals surface area contributed by atoms with Gasteiger partial charge in [-0.15, -0.1) is 5.10 Å². The summed E-state index contributed by atoms with van der Waals surface area (Å²) in [6, 6.07) is 9.46. The number of sulfonamides is 1. The number of carbonyl (C=O) groups excluding carboxylic acids is 1. The summed E-state index contributed by atoms with van der Waals surface area (Å²) >= 11 is 0. The zero-order chi connectivity index (χ0) is 39.5. The monoisotopic (exact) mass is 772 g/mol. The van der Waals surface area contributed by atoms with Crippen molar-refractivity contribution in [3.05, 3.63) is 83.1 Å². The van der Waals surface area contributed by atoms with E-state index in [2.05, 4.69) is 62.6 Å². The Morgan fingerprint density at radius 1 is 1.13 bits per heavy atom. The maximum atomic E-state index is 14.6. The smallest absolute Gasteiger partial charge is 0.316 e. The van der Waals surface area contributed by atoms with Gasteiger partial charge >= 0.3 is 6.01 Å². The van der Waals surface area contributed by atoms with Gasteiger partial charge in [0.15, 0.2) is 0 Å². The summed E-state index contributed by atoms with van der Waals surface area (Å²) in [7, 11) is -3.95. The molecule has 294 valence electrons. The van der Waals surface area contributed by atoms with Crippen LogP contribution in [-0.4, -0.2) is 81.0 Å². The Balaban J connectivity index is 1.38. The van der Waals surface area contributed by atoms with E-state index in [0.717, 1.165) is 28.1 Å². The normalized spacial score (nSPS) is 21.2. The van der Waals surface area contributed by atoms with Gasteiger partial charge in [0.1, 0.15) is 17.6 Å². The van der Waals surface area contributed by atoms with E-state index in [-0.39, 0.29) is 47.8 Å². The second kappa shape index (κ2) is 16.2. The average Bonchev–Trinajstić information content (AvgIpc) is 3.55. The molecule has 0 saturated heterocycles. The molecule has 1 aliphatic heterocycles. The van der Waals surface area contributed by atoms with Crippen LogP contribution in [0.3, 0.4) is 0 Å². The number of benzene rings is 1. The minimum Gasteiger partial charge on any atom is -0.472 e. The van der Waals surface area contributed by atoms with Gasteiger partial charge in [-0.25, -0.2) is 28.1 Å². The zero-order valence-electron chi connectivity index (χ0n) is 32.9. The number of aryl methyl sites for hydroxylation is 2. The van der Waals surface area contributed by atoms with Gasteiger partial charge < -0.3 is 19.5 Å². The lowest BCUT2D eigenvalue weighted by Gasteiger charge is -2.48. The van der Waals surface area contributed by atoms with Crippen molar-refractivity contribution in [3.8, 4) is 11.9 Å². The Morgan fingerprint density at radius 2 is 1.89 bits per heavy atom. The van der Waals surface area contributed by atoms with Gasteiger partial charge in [-0.1, -0.05) is 64.1 Å². The molecule has 2 unspecified atom stereocenters. The standard InChI is InChI=1S/C40H52N8O6S/c1-9-31-25-47(55(50,51)33-13-12-18-41-36(33)54-31)24-29-21-28(15-14-26(29)4)35(40(8)17-16-32-34(27(40)5)45-46-48(32)10-2)39(6,7)37(49)44-30-22-42-38(43-23-30)53-20-19-52-11-3/h12-18,21-23,27,31,35H,9-11,19-20,24-25H2,1-8H3,(H,44,49)/t27?,31-,35-,40?/m1/s1. The highest BCUT2D eigenvalue weighted by atomic mass is 32.2. The largest absolute Gasteiger partial charge is 0.472 e. The molecule has 1 aromatic carbocycles. The van der Waals surface area contributed by atoms with E-state index in [1.807, 2.05) is 58.4 Å². The number of hydrogen-bond donors (Lipinski definition) is 1. The first-order valence-electron chi connectivity index (χ1n) is 18.9. The number of anilines is 1. The van der Waals surface area contributed by atoms with Crippen LogP contribution in [0.2, 0.25) is 0 Å². The highest BCUT2D eigenvalue weighted by Gasteiger charge is 2.52. The third-order valence-corrected chi connectivity index (χ3v) is 12.9. The van der Waals surface area contributed by atoms with Crippen LogP contribution in [-0.2, 0) is 32.6 Å². The molecule has 1 N–H and O–H groups in total. The number of allylic oxidation sites excluding steroid dienone is 1. The van der Waals surface area contributed by atoms with Crippen molar-refractivity contribution < 1.29 is 27.4 Å². The van der Waals surface area contributed by atoms with Crippen LogP contribution in [0.25, 0.3) is 6.08 Å². The van der Waals surface area contributed by atoms with Crippen molar-refractivity contribution in [1.82, 2.24) is 34.3 Å². The average molecular weight is 773 g/mol. The van der Waals surface area contributed by atoms with Crippen LogP contribution in [0.5, 0.6) is 11.9 Å². The van der Waals surface area contributed by atoms with Crippen molar-refractivity contribution in [1.29, 1.82) is 0 Å². The van der Waals surface area contributed by atoms with Gasteiger partial charge in [-0.05, 0) is 62.1 Å². The van der Waals surface area contributed by atoms with E-state index in [1.165, 1.54) is 29.0 Å². The summed E-state index contributed by atoms with van der Waals surface area (Å²) in [4.78, 5) is 27.4. The molecule has 1 amide bonds. The van der Waals surface area contributed by atoms with Gasteiger partial charge in [0.2, 0.25) is 21.8 Å². The van der Waals surface area contributed by atoms with Gasteiger partial charge in [-0.2, -0.15) is 4.31 Å². The first kappa shape index (κ1) is 39.9. The Bertz CT molecular complexity index is 2140. The number of nitrogens with one attached hydrogen (secondary N) is 1. The Morgan fingerprint density at radius 3 is 2.60 bits per heavy atom. The summed E-state index contributed by atoms with van der Waals surface area (Å²) < 4.78 is 48.6. The van der Waals surface area contributed by atoms with Gasteiger partial charge in [0.25, 0.3) is 0 Å². The van der Waals surface area contributed by atoms with Gasteiger partial charge in [0, 0.05) is 43.1 Å². The molecule has 0 saturated carbocycles. The maximum Gasteiger partial charge on any atom is 0.316 e. The van der Waals surface area contributed by atoms with Crippen molar-refractivity contribution in [3.63, 3.8) is 0 Å². The van der Waals surface area contributed by atoms with Crippen molar-refractivity contribution >= 4 is 27.7 Å². The van der Waals surface area contributed by atoms with Crippen molar-refractivity contribution in [2.45, 2.75) is 97.7 Å². The molecule has 14 nitrogen and oxygen atoms in total. The molecule has 1 aliphatic carbocycles. The summed E-state index contributed by atoms with van der Waals surface area (Å²) in [6.45, 7) is 18.3. The predicted octanol–water partition coefficient (Wildman–Crippen LogP) is 6.15. The number of aromatic nitrogens is 6. The molecule has 0 bridgehead atoms. The molecule has 6 rings (SSSR count). The second-order valence-electron chi connectivity index (χ2n) is 14.9. The lowest BCUT2D eigenvalue weighted by Crippen LogP contribution is -2.46. The molecule has 4 heterocycles. The number of pyridine rings is 1. The van der Waals surface area contributed by atoms with Crippen LogP contribution in [0.1, 0.15) is 94.8 Å². The van der Waals surface area contributed by atoms with Crippen molar-refractivity contribution in [2.24, 2.45) is 10.8 Å². The fourth-order valence-corrected chi connectivity index (χ4v) is 9.29. The van der Waals surface area contributed by atoms with E-state index >= 15 is 0 Å². The predicted molar refractivity (Wildman–Crippen MR) is 208 cm³/mol. The molecule has 0 radical (unpaired) electrons. The van der Waals surface area contributed by atoms with E-state index in [4.69, 9.17) is 14.2 Å². The van der Waals surface area contributed by atoms with Crippen LogP contribution in [0.15, 0.2) is 59.9 Å². The summed E-state index contributed by atoms with van der Waals surface area (Å²) in [6.07, 6.45) is 9.07. The second-order valence-corrected chi connectivity index (χ2v) is 16.8. The SMILES string of the molecule is CCOCCOc1ncc(NC(=O)C(C)(C)[C@@H](c2ccc(C)c(CN3C[C@@H](CC)Oc4ncccc4S3(=O)=O)c2)C2(C)C=Cc3c(nnn3CC)C2C)cn1. The first-order valence-corrected chi connectivity index (χ1v) is 20.4. The number of ether oxygens (including phenoxy) is 3. The summed E-state index contributed by atoms with van der Waals surface area (Å²) in [5.41, 5.74) is 3.21. The highest BCUT2D eigenvalue weighted by molar-refractivity contribution is 7.89. The van der Waals surface area contributed by atoms with E-state index in [9.17, 15) is 13.2 Å². The molecule has 4 atom stereocenters. The fourth-order valence-electron chi connectivity index (χ4n) is 7.77. The molecule has 4 aromatic rings. The number of fused-ring (bicyclic) bond motifs is 2. The van der Waals surface area contributed by atoms with Gasteiger partial charge in [0.05, 0.1) is 48.0 Å². The molecule has 2 aliphatic rings. The molecular formula is C40H52N8O6S. The van der Waals surface area contributed by atoms with Crippen LogP contribution in [0.4, 0.5) is 5.69 Å². The summed E-state index contributed by atoms with van der Waals surface area (Å²) in [5.74, 6) is -0.677. The van der Waals surface area contributed by atoms with Crippen molar-refractivity contribution in [2.75, 3.05) is 31.7 Å². The van der Waals surface area contributed by atoms with Crippen LogP contribution in [0, 0.1) is 17.8 Å². The lowest BCUT2D eigenvalue weighted by molar-refractivity contribution is -0.126.